The lowest BCUT2D eigenvalue weighted by atomic mass is 9.99. The van der Waals surface area contributed by atoms with E-state index in [1.807, 2.05) is 0 Å². The van der Waals surface area contributed by atoms with Gasteiger partial charge in [-0.25, -0.2) is 4.79 Å². The van der Waals surface area contributed by atoms with Crippen molar-refractivity contribution in [2.45, 2.75) is 12.2 Å². The number of nitrogens with two attached hydrogens (primary N) is 1. The summed E-state index contributed by atoms with van der Waals surface area (Å²) >= 11 is 0. The molecule has 2 atom stereocenters. The zero-order chi connectivity index (χ0) is 12.3. The minimum absolute atomic E-state index is 0.0339. The van der Waals surface area contributed by atoms with E-state index >= 15 is 0 Å². The highest BCUT2D eigenvalue weighted by Crippen LogP contribution is 2.22. The van der Waals surface area contributed by atoms with Crippen molar-refractivity contribution in [3.05, 3.63) is 29.3 Å². The predicted octanol–water partition coefficient (Wildman–Crippen LogP) is -0.381. The number of nitrogen functional groups attached to an aromatic ring is 1. The average Bonchev–Trinajstić information content (AvgIpc) is 2.26. The summed E-state index contributed by atoms with van der Waals surface area (Å²) in [6.45, 7) is 0. The number of nitrogens with zero attached hydrogens (tertiary/aromatic N) is 1. The third-order valence-corrected chi connectivity index (χ3v) is 2.07. The van der Waals surface area contributed by atoms with Crippen LogP contribution in [0.4, 0.5) is 5.69 Å². The Kier molecular flexibility index (Phi) is 3.45. The lowest BCUT2D eigenvalue weighted by Gasteiger charge is -2.15. The third-order valence-electron chi connectivity index (χ3n) is 2.07. The van der Waals surface area contributed by atoms with Crippen LogP contribution in [0.15, 0.2) is 18.2 Å². The number of carboxylic acid groups (broad SMARTS) is 1. The monoisotopic (exact) mass is 222 g/mol. The van der Waals surface area contributed by atoms with Crippen molar-refractivity contribution in [1.29, 1.82) is 5.26 Å². The number of aliphatic hydroxyl groups excluding tert-OH is 2. The molecule has 0 aliphatic rings. The molecule has 1 rings (SSSR count). The second-order valence-corrected chi connectivity index (χ2v) is 3.19. The summed E-state index contributed by atoms with van der Waals surface area (Å²) in [6, 6.07) is 5.79. The minimum atomic E-state index is -1.98. The molecule has 0 bridgehead atoms. The Morgan fingerprint density at radius 1 is 1.44 bits per heavy atom. The number of anilines is 1. The summed E-state index contributed by atoms with van der Waals surface area (Å²) in [4.78, 5) is 10.5. The standard InChI is InChI=1S/C10H10N2O4/c11-4-5-3-6(12)1-2-7(5)8(13)9(14)10(15)16/h1-3,8-9,13-14H,12H2,(H,15,16). The van der Waals surface area contributed by atoms with E-state index in [0.717, 1.165) is 0 Å². The van der Waals surface area contributed by atoms with Gasteiger partial charge in [0.1, 0.15) is 6.10 Å². The average molecular weight is 222 g/mol. The van der Waals surface area contributed by atoms with Gasteiger partial charge in [0.05, 0.1) is 11.6 Å². The van der Waals surface area contributed by atoms with Crippen LogP contribution in [0.25, 0.3) is 0 Å². The third kappa shape index (κ3) is 2.28. The molecule has 0 spiro atoms. The molecule has 0 aliphatic heterocycles. The Morgan fingerprint density at radius 3 is 2.56 bits per heavy atom. The number of hydrogen-bond acceptors (Lipinski definition) is 5. The van der Waals surface area contributed by atoms with Gasteiger partial charge in [0.25, 0.3) is 0 Å². The molecule has 0 saturated heterocycles. The molecule has 0 aliphatic carbocycles. The van der Waals surface area contributed by atoms with E-state index in [9.17, 15) is 9.90 Å². The van der Waals surface area contributed by atoms with Crippen molar-refractivity contribution in [3.63, 3.8) is 0 Å². The first-order valence-corrected chi connectivity index (χ1v) is 4.36. The van der Waals surface area contributed by atoms with Crippen molar-refractivity contribution in [1.82, 2.24) is 0 Å². The highest BCUT2D eigenvalue weighted by Gasteiger charge is 2.27. The molecule has 16 heavy (non-hydrogen) atoms. The quantitative estimate of drug-likeness (QED) is 0.516. The van der Waals surface area contributed by atoms with Crippen molar-refractivity contribution in [2.75, 3.05) is 5.73 Å². The molecule has 0 saturated carbocycles. The predicted molar refractivity (Wildman–Crippen MR) is 54.2 cm³/mol. The van der Waals surface area contributed by atoms with Gasteiger partial charge in [-0.3, -0.25) is 0 Å². The highest BCUT2D eigenvalue weighted by molar-refractivity contribution is 5.73. The number of rotatable bonds is 3. The molecule has 2 unspecified atom stereocenters. The van der Waals surface area contributed by atoms with E-state index in [1.165, 1.54) is 18.2 Å². The zero-order valence-electron chi connectivity index (χ0n) is 8.16. The Labute approximate surface area is 91.2 Å². The first-order valence-electron chi connectivity index (χ1n) is 4.36. The Balaban J connectivity index is 3.14. The van der Waals surface area contributed by atoms with E-state index in [1.54, 1.807) is 6.07 Å². The van der Waals surface area contributed by atoms with Gasteiger partial charge >= 0.3 is 5.97 Å². The molecule has 0 fully saturated rings. The fraction of sp³-hybridized carbons (Fsp3) is 0.200. The molecule has 0 radical (unpaired) electrons. The lowest BCUT2D eigenvalue weighted by Crippen LogP contribution is -2.28. The van der Waals surface area contributed by atoms with E-state index in [2.05, 4.69) is 0 Å². The van der Waals surface area contributed by atoms with E-state index in [4.69, 9.17) is 21.2 Å². The molecule has 84 valence electrons. The molecule has 0 aromatic heterocycles. The van der Waals surface area contributed by atoms with Gasteiger partial charge in [-0.15, -0.1) is 0 Å². The van der Waals surface area contributed by atoms with Crippen LogP contribution in [0.3, 0.4) is 0 Å². The van der Waals surface area contributed by atoms with E-state index in [-0.39, 0.29) is 11.1 Å². The summed E-state index contributed by atoms with van der Waals surface area (Å²) in [5.74, 6) is -1.56. The van der Waals surface area contributed by atoms with Gasteiger partial charge in [-0.05, 0) is 12.1 Å². The topological polar surface area (TPSA) is 128 Å². The molecule has 6 heteroatoms. The Morgan fingerprint density at radius 2 is 2.06 bits per heavy atom. The van der Waals surface area contributed by atoms with Gasteiger partial charge < -0.3 is 21.1 Å². The molecule has 1 aromatic rings. The number of carbonyl (C=O) groups is 1. The summed E-state index contributed by atoms with van der Waals surface area (Å²) in [7, 11) is 0. The molecule has 6 nitrogen and oxygen atoms in total. The van der Waals surface area contributed by atoms with Crippen LogP contribution in [0.5, 0.6) is 0 Å². The van der Waals surface area contributed by atoms with Crippen LogP contribution in [0.2, 0.25) is 0 Å². The van der Waals surface area contributed by atoms with Gasteiger partial charge in [-0.1, -0.05) is 6.07 Å². The summed E-state index contributed by atoms with van der Waals surface area (Å²) in [6.07, 6.45) is -3.64. The maximum Gasteiger partial charge on any atom is 0.335 e. The molecule has 0 amide bonds. The van der Waals surface area contributed by atoms with E-state index < -0.39 is 18.2 Å². The summed E-state index contributed by atoms with van der Waals surface area (Å²) in [5.41, 5.74) is 5.81. The van der Waals surface area contributed by atoms with Crippen LogP contribution in [-0.2, 0) is 4.79 Å². The van der Waals surface area contributed by atoms with Crippen LogP contribution >= 0.6 is 0 Å². The van der Waals surface area contributed by atoms with Gasteiger partial charge in [0.2, 0.25) is 0 Å². The largest absolute Gasteiger partial charge is 0.479 e. The van der Waals surface area contributed by atoms with Crippen LogP contribution < -0.4 is 5.73 Å². The summed E-state index contributed by atoms with van der Waals surface area (Å²) in [5, 5.41) is 36.0. The van der Waals surface area contributed by atoms with Crippen molar-refractivity contribution >= 4 is 11.7 Å². The van der Waals surface area contributed by atoms with Crippen molar-refractivity contribution in [3.8, 4) is 6.07 Å². The molecule has 5 N–H and O–H groups in total. The number of aliphatic hydroxyl groups is 2. The van der Waals surface area contributed by atoms with Crippen molar-refractivity contribution < 1.29 is 20.1 Å². The number of nitriles is 1. The number of aliphatic carboxylic acids is 1. The van der Waals surface area contributed by atoms with Crippen LogP contribution in [0.1, 0.15) is 17.2 Å². The first-order chi connectivity index (χ1) is 7.47. The zero-order valence-corrected chi connectivity index (χ0v) is 8.16. The molecule has 0 heterocycles. The minimum Gasteiger partial charge on any atom is -0.479 e. The maximum atomic E-state index is 10.5. The molecular weight excluding hydrogens is 212 g/mol. The SMILES string of the molecule is N#Cc1cc(N)ccc1C(O)C(O)C(=O)O. The van der Waals surface area contributed by atoms with Crippen LogP contribution in [-0.4, -0.2) is 27.4 Å². The van der Waals surface area contributed by atoms with Crippen LogP contribution in [0, 0.1) is 11.3 Å². The maximum absolute atomic E-state index is 10.5. The Hall–Kier alpha value is -2.10. The summed E-state index contributed by atoms with van der Waals surface area (Å²) < 4.78 is 0. The molecule has 1 aromatic carbocycles. The second kappa shape index (κ2) is 4.61. The van der Waals surface area contributed by atoms with Gasteiger partial charge in [-0.2, -0.15) is 5.26 Å². The second-order valence-electron chi connectivity index (χ2n) is 3.19. The first kappa shape index (κ1) is 12.0. The highest BCUT2D eigenvalue weighted by atomic mass is 16.4. The number of hydrogen-bond donors (Lipinski definition) is 4. The van der Waals surface area contributed by atoms with Gasteiger partial charge in [0.15, 0.2) is 6.10 Å². The molecular formula is C10H10N2O4. The lowest BCUT2D eigenvalue weighted by molar-refractivity contribution is -0.153. The van der Waals surface area contributed by atoms with Gasteiger partial charge in [0, 0.05) is 11.3 Å². The Bertz CT molecular complexity index is 453. The van der Waals surface area contributed by atoms with Crippen molar-refractivity contribution in [2.24, 2.45) is 0 Å². The van der Waals surface area contributed by atoms with E-state index in [0.29, 0.717) is 5.69 Å². The number of carboxylic acids is 1. The fourth-order valence-corrected chi connectivity index (χ4v) is 1.23. The smallest absolute Gasteiger partial charge is 0.335 e. The normalized spacial score (nSPS) is 13.8. The fourth-order valence-electron chi connectivity index (χ4n) is 1.23. The number of benzene rings is 1.